The van der Waals surface area contributed by atoms with Crippen molar-refractivity contribution < 1.29 is 14.3 Å². The van der Waals surface area contributed by atoms with E-state index in [1.54, 1.807) is 20.4 Å². The maximum atomic E-state index is 5.29. The van der Waals surface area contributed by atoms with Crippen LogP contribution in [0.15, 0.2) is 29.4 Å². The van der Waals surface area contributed by atoms with E-state index < -0.39 is 0 Å². The van der Waals surface area contributed by atoms with E-state index >= 15 is 0 Å². The van der Waals surface area contributed by atoms with Crippen LogP contribution in [-0.4, -0.2) is 51.6 Å². The highest BCUT2D eigenvalue weighted by Crippen LogP contribution is 2.27. The van der Waals surface area contributed by atoms with E-state index in [9.17, 15) is 0 Å². The first kappa shape index (κ1) is 18.3. The quantitative estimate of drug-likeness (QED) is 0.394. The second kappa shape index (κ2) is 10.7. The van der Waals surface area contributed by atoms with Gasteiger partial charge in [0, 0.05) is 6.54 Å². The number of oxime groups is 1. The van der Waals surface area contributed by atoms with Gasteiger partial charge in [0.1, 0.15) is 6.61 Å². The molecule has 0 spiro atoms. The summed E-state index contributed by atoms with van der Waals surface area (Å²) >= 11 is 0. The molecule has 1 aliphatic rings. The Balaban J connectivity index is 1.65. The Hall–Kier alpha value is -2.01. The Kier molecular flexibility index (Phi) is 8.18. The lowest BCUT2D eigenvalue weighted by molar-refractivity contribution is 0.125. The molecular formula is C19H28N2O3. The van der Waals surface area contributed by atoms with Crippen LogP contribution >= 0.6 is 0 Å². The lowest BCUT2D eigenvalue weighted by Gasteiger charge is -2.25. The zero-order valence-electron chi connectivity index (χ0n) is 14.7. The third-order valence-corrected chi connectivity index (χ3v) is 4.08. The van der Waals surface area contributed by atoms with Gasteiger partial charge in [0.15, 0.2) is 11.5 Å². The number of rotatable bonds is 9. The molecule has 0 amide bonds. The van der Waals surface area contributed by atoms with Gasteiger partial charge in [0.25, 0.3) is 0 Å². The van der Waals surface area contributed by atoms with Crippen molar-refractivity contribution >= 4 is 12.3 Å². The molecule has 2 rings (SSSR count). The van der Waals surface area contributed by atoms with E-state index in [1.807, 2.05) is 30.4 Å². The van der Waals surface area contributed by atoms with Gasteiger partial charge in [-0.2, -0.15) is 0 Å². The van der Waals surface area contributed by atoms with Crippen LogP contribution in [0.4, 0.5) is 0 Å². The van der Waals surface area contributed by atoms with Crippen LogP contribution in [0.5, 0.6) is 11.5 Å². The summed E-state index contributed by atoms with van der Waals surface area (Å²) < 4.78 is 10.5. The van der Waals surface area contributed by atoms with Crippen LogP contribution < -0.4 is 9.47 Å². The van der Waals surface area contributed by atoms with Crippen molar-refractivity contribution in [1.82, 2.24) is 4.90 Å². The molecule has 5 heteroatoms. The molecule has 24 heavy (non-hydrogen) atoms. The van der Waals surface area contributed by atoms with Gasteiger partial charge < -0.3 is 19.2 Å². The number of allylic oxidation sites excluding steroid dienone is 1. The predicted octanol–water partition coefficient (Wildman–Crippen LogP) is 3.60. The zero-order valence-corrected chi connectivity index (χ0v) is 14.7. The average molecular weight is 332 g/mol. The molecule has 132 valence electrons. The maximum absolute atomic E-state index is 5.29. The van der Waals surface area contributed by atoms with Gasteiger partial charge in [0.2, 0.25) is 0 Å². The monoisotopic (exact) mass is 332 g/mol. The first-order chi connectivity index (χ1) is 11.8. The van der Waals surface area contributed by atoms with Crippen molar-refractivity contribution in [2.45, 2.75) is 25.7 Å². The second-order valence-corrected chi connectivity index (χ2v) is 5.82. The highest BCUT2D eigenvalue weighted by atomic mass is 16.6. The predicted molar refractivity (Wildman–Crippen MR) is 97.9 cm³/mol. The van der Waals surface area contributed by atoms with Crippen molar-refractivity contribution in [3.63, 3.8) is 0 Å². The van der Waals surface area contributed by atoms with E-state index in [1.165, 1.54) is 32.4 Å². The summed E-state index contributed by atoms with van der Waals surface area (Å²) in [7, 11) is 3.26. The van der Waals surface area contributed by atoms with E-state index in [2.05, 4.69) is 10.1 Å². The normalized spacial score (nSPS) is 15.9. The molecule has 0 radical (unpaired) electrons. The van der Waals surface area contributed by atoms with Gasteiger partial charge in [-0.15, -0.1) is 0 Å². The van der Waals surface area contributed by atoms with Gasteiger partial charge >= 0.3 is 0 Å². The summed E-state index contributed by atoms with van der Waals surface area (Å²) in [5.74, 6) is 1.44. The van der Waals surface area contributed by atoms with Crippen LogP contribution in [0.1, 0.15) is 31.2 Å². The number of methoxy groups -OCH3 is 2. The van der Waals surface area contributed by atoms with Crippen LogP contribution in [0.3, 0.4) is 0 Å². The molecule has 0 aromatic heterocycles. The Labute approximate surface area is 144 Å². The first-order valence-electron chi connectivity index (χ1n) is 8.60. The molecular weight excluding hydrogens is 304 g/mol. The van der Waals surface area contributed by atoms with Gasteiger partial charge in [-0.05, 0) is 56.1 Å². The highest BCUT2D eigenvalue weighted by molar-refractivity contribution is 5.78. The van der Waals surface area contributed by atoms with Crippen LogP contribution in [0.25, 0.3) is 6.08 Å². The second-order valence-electron chi connectivity index (χ2n) is 5.82. The number of piperidine rings is 1. The number of likely N-dealkylation sites (tertiary alicyclic amines) is 1. The lowest BCUT2D eigenvalue weighted by atomic mass is 10.1. The smallest absolute Gasteiger partial charge is 0.161 e. The summed E-state index contributed by atoms with van der Waals surface area (Å²) in [6.07, 6.45) is 10.5. The standard InChI is InChI=1S/C19H28N2O3/c1-22-18-10-9-17(16-19(18)23-2)8-6-11-20-24-15-7-14-21-12-4-3-5-13-21/h6,8-11,16H,3-5,7,12-15H2,1-2H3/b8-6+,20-11+. The molecule has 1 aromatic carbocycles. The van der Waals surface area contributed by atoms with Crippen LogP contribution in [0.2, 0.25) is 0 Å². The Morgan fingerprint density at radius 3 is 2.62 bits per heavy atom. The van der Waals surface area contributed by atoms with Crippen molar-refractivity contribution in [2.24, 2.45) is 5.16 Å². The van der Waals surface area contributed by atoms with Gasteiger partial charge in [-0.3, -0.25) is 0 Å². The fourth-order valence-corrected chi connectivity index (χ4v) is 2.78. The third kappa shape index (κ3) is 6.24. The molecule has 1 fully saturated rings. The summed E-state index contributed by atoms with van der Waals surface area (Å²) in [6.45, 7) is 4.24. The minimum absolute atomic E-state index is 0.664. The highest BCUT2D eigenvalue weighted by Gasteiger charge is 2.08. The summed E-state index contributed by atoms with van der Waals surface area (Å²) in [5.41, 5.74) is 1.02. The van der Waals surface area contributed by atoms with Crippen molar-refractivity contribution in [3.8, 4) is 11.5 Å². The minimum Gasteiger partial charge on any atom is -0.493 e. The van der Waals surface area contributed by atoms with E-state index in [-0.39, 0.29) is 0 Å². The zero-order chi connectivity index (χ0) is 17.0. The summed E-state index contributed by atoms with van der Waals surface area (Å²) in [4.78, 5) is 7.80. The molecule has 0 saturated carbocycles. The molecule has 0 bridgehead atoms. The number of nitrogens with zero attached hydrogens (tertiary/aromatic N) is 2. The topological polar surface area (TPSA) is 43.3 Å². The molecule has 0 unspecified atom stereocenters. The fourth-order valence-electron chi connectivity index (χ4n) is 2.78. The number of hydrogen-bond donors (Lipinski definition) is 0. The fraction of sp³-hybridized carbons (Fsp3) is 0.526. The number of ether oxygens (including phenoxy) is 2. The SMILES string of the molecule is COc1ccc(/C=C/C=N/OCCCN2CCCCC2)cc1OC. The molecule has 1 heterocycles. The van der Waals surface area contributed by atoms with Gasteiger partial charge in [-0.25, -0.2) is 0 Å². The first-order valence-corrected chi connectivity index (χ1v) is 8.60. The van der Waals surface area contributed by atoms with Crippen LogP contribution in [-0.2, 0) is 4.84 Å². The number of benzene rings is 1. The van der Waals surface area contributed by atoms with Crippen LogP contribution in [0, 0.1) is 0 Å². The molecule has 0 N–H and O–H groups in total. The maximum Gasteiger partial charge on any atom is 0.161 e. The Bertz CT molecular complexity index is 537. The molecule has 0 aliphatic carbocycles. The molecule has 0 atom stereocenters. The minimum atomic E-state index is 0.664. The molecule has 1 saturated heterocycles. The molecule has 1 aliphatic heterocycles. The number of hydrogen-bond acceptors (Lipinski definition) is 5. The molecule has 5 nitrogen and oxygen atoms in total. The Morgan fingerprint density at radius 1 is 1.08 bits per heavy atom. The third-order valence-electron chi connectivity index (χ3n) is 4.08. The largest absolute Gasteiger partial charge is 0.493 e. The Morgan fingerprint density at radius 2 is 1.88 bits per heavy atom. The van der Waals surface area contributed by atoms with Gasteiger partial charge in [-0.1, -0.05) is 23.7 Å². The van der Waals surface area contributed by atoms with E-state index in [4.69, 9.17) is 14.3 Å². The average Bonchev–Trinajstić information content (AvgIpc) is 2.64. The van der Waals surface area contributed by atoms with Crippen molar-refractivity contribution in [2.75, 3.05) is 40.5 Å². The lowest BCUT2D eigenvalue weighted by Crippen LogP contribution is -2.31. The summed E-state index contributed by atoms with van der Waals surface area (Å²) in [6, 6.07) is 5.76. The molecule has 1 aromatic rings. The van der Waals surface area contributed by atoms with Crippen molar-refractivity contribution in [3.05, 3.63) is 29.8 Å². The van der Waals surface area contributed by atoms with Gasteiger partial charge in [0.05, 0.1) is 20.4 Å². The summed E-state index contributed by atoms with van der Waals surface area (Å²) in [5, 5.41) is 3.96. The van der Waals surface area contributed by atoms with E-state index in [0.717, 1.165) is 24.3 Å². The van der Waals surface area contributed by atoms with Crippen molar-refractivity contribution in [1.29, 1.82) is 0 Å². The van der Waals surface area contributed by atoms with E-state index in [0.29, 0.717) is 12.4 Å².